The molecule has 1 aliphatic rings. The summed E-state index contributed by atoms with van der Waals surface area (Å²) in [6.07, 6.45) is 1.72. The summed E-state index contributed by atoms with van der Waals surface area (Å²) in [5, 5.41) is 3.50. The van der Waals surface area contributed by atoms with E-state index < -0.39 is 11.6 Å². The molecule has 0 radical (unpaired) electrons. The predicted octanol–water partition coefficient (Wildman–Crippen LogP) is 3.24. The number of benzene rings is 1. The fraction of sp³-hybridized carbons (Fsp3) is 0.571. The fourth-order valence-electron chi connectivity index (χ4n) is 2.34. The maximum Gasteiger partial charge on any atom is 0.162 e. The molecule has 1 aromatic rings. The summed E-state index contributed by atoms with van der Waals surface area (Å²) < 4.78 is 26.8. The van der Waals surface area contributed by atoms with Gasteiger partial charge in [-0.2, -0.15) is 11.8 Å². The van der Waals surface area contributed by atoms with Crippen molar-refractivity contribution < 1.29 is 8.78 Å². The molecule has 0 saturated carbocycles. The Balaban J connectivity index is 2.01. The van der Waals surface area contributed by atoms with Crippen LogP contribution in [0.5, 0.6) is 0 Å². The van der Waals surface area contributed by atoms with Gasteiger partial charge in [0.05, 0.1) is 0 Å². The molecule has 1 aliphatic heterocycles. The highest BCUT2D eigenvalue weighted by molar-refractivity contribution is 7.99. The van der Waals surface area contributed by atoms with E-state index in [1.165, 1.54) is 6.07 Å². The monoisotopic (exact) mass is 271 g/mol. The summed E-state index contributed by atoms with van der Waals surface area (Å²) in [5.41, 5.74) is 0.505. The van der Waals surface area contributed by atoms with Gasteiger partial charge in [0.15, 0.2) is 11.6 Å². The second kappa shape index (κ2) is 6.53. The van der Waals surface area contributed by atoms with Crippen molar-refractivity contribution >= 4 is 11.8 Å². The van der Waals surface area contributed by atoms with Gasteiger partial charge in [-0.1, -0.05) is 19.1 Å². The zero-order valence-corrected chi connectivity index (χ0v) is 11.4. The topological polar surface area (TPSA) is 12.0 Å². The van der Waals surface area contributed by atoms with Gasteiger partial charge in [0, 0.05) is 11.8 Å². The lowest BCUT2D eigenvalue weighted by Crippen LogP contribution is -2.36. The van der Waals surface area contributed by atoms with Crippen molar-refractivity contribution in [1.29, 1.82) is 0 Å². The number of hydrogen-bond donors (Lipinski definition) is 1. The smallest absolute Gasteiger partial charge is 0.162 e. The van der Waals surface area contributed by atoms with E-state index in [0.717, 1.165) is 24.5 Å². The summed E-state index contributed by atoms with van der Waals surface area (Å²) >= 11 is 1.89. The molecule has 2 unspecified atom stereocenters. The molecule has 1 aromatic carbocycles. The van der Waals surface area contributed by atoms with Gasteiger partial charge in [0.2, 0.25) is 0 Å². The maximum absolute atomic E-state index is 13.6. The molecule has 2 atom stereocenters. The second-order valence-electron chi connectivity index (χ2n) is 4.78. The number of hydrogen-bond acceptors (Lipinski definition) is 2. The molecular weight excluding hydrogens is 252 g/mol. The Morgan fingerprint density at radius 2 is 2.17 bits per heavy atom. The van der Waals surface area contributed by atoms with Crippen LogP contribution in [0.3, 0.4) is 0 Å². The van der Waals surface area contributed by atoms with Crippen LogP contribution < -0.4 is 5.32 Å². The third-order valence-electron chi connectivity index (χ3n) is 3.37. The van der Waals surface area contributed by atoms with Gasteiger partial charge >= 0.3 is 0 Å². The molecule has 2 rings (SSSR count). The lowest BCUT2D eigenvalue weighted by atomic mass is 9.94. The Kier molecular flexibility index (Phi) is 5.01. The minimum absolute atomic E-state index is 0.401. The molecule has 0 bridgehead atoms. The summed E-state index contributed by atoms with van der Waals surface area (Å²) in [4.78, 5) is 0. The molecule has 1 saturated heterocycles. The number of rotatable bonds is 5. The lowest BCUT2D eigenvalue weighted by Gasteiger charge is -2.20. The minimum Gasteiger partial charge on any atom is -0.313 e. The lowest BCUT2D eigenvalue weighted by molar-refractivity contribution is 0.414. The summed E-state index contributed by atoms with van der Waals surface area (Å²) in [5.74, 6) is 1.08. The first-order valence-electron chi connectivity index (χ1n) is 6.46. The SMILES string of the molecule is CCCNC1CSCC1Cc1cccc(F)c1F. The van der Waals surface area contributed by atoms with E-state index in [-0.39, 0.29) is 0 Å². The van der Waals surface area contributed by atoms with Crippen molar-refractivity contribution in [3.05, 3.63) is 35.4 Å². The highest BCUT2D eigenvalue weighted by Crippen LogP contribution is 2.28. The van der Waals surface area contributed by atoms with Crippen molar-refractivity contribution in [2.45, 2.75) is 25.8 Å². The fourth-order valence-corrected chi connectivity index (χ4v) is 3.78. The molecule has 1 fully saturated rings. The quantitative estimate of drug-likeness (QED) is 0.882. The van der Waals surface area contributed by atoms with Gasteiger partial charge < -0.3 is 5.32 Å². The van der Waals surface area contributed by atoms with Crippen molar-refractivity contribution in [2.75, 3.05) is 18.1 Å². The number of thioether (sulfide) groups is 1. The molecule has 0 spiro atoms. The molecular formula is C14H19F2NS. The molecule has 0 amide bonds. The molecule has 0 aromatic heterocycles. The zero-order valence-electron chi connectivity index (χ0n) is 10.6. The molecule has 4 heteroatoms. The normalized spacial score (nSPS) is 23.5. The van der Waals surface area contributed by atoms with E-state index in [1.807, 2.05) is 11.8 Å². The maximum atomic E-state index is 13.6. The van der Waals surface area contributed by atoms with E-state index in [0.29, 0.717) is 23.9 Å². The molecule has 100 valence electrons. The van der Waals surface area contributed by atoms with Crippen LogP contribution in [-0.4, -0.2) is 24.1 Å². The third-order valence-corrected chi connectivity index (χ3v) is 4.63. The van der Waals surface area contributed by atoms with Gasteiger partial charge in [0.25, 0.3) is 0 Å². The first-order valence-corrected chi connectivity index (χ1v) is 7.61. The van der Waals surface area contributed by atoms with Crippen molar-refractivity contribution in [2.24, 2.45) is 5.92 Å². The molecule has 1 heterocycles. The molecule has 0 aliphatic carbocycles. The number of halogens is 2. The van der Waals surface area contributed by atoms with Crippen molar-refractivity contribution in [1.82, 2.24) is 5.32 Å². The van der Waals surface area contributed by atoms with E-state index in [2.05, 4.69) is 12.2 Å². The average Bonchev–Trinajstić information content (AvgIpc) is 2.80. The first kappa shape index (κ1) is 13.8. The van der Waals surface area contributed by atoms with Crippen LogP contribution in [0.2, 0.25) is 0 Å². The largest absolute Gasteiger partial charge is 0.313 e. The van der Waals surface area contributed by atoms with Gasteiger partial charge in [-0.05, 0) is 42.7 Å². The van der Waals surface area contributed by atoms with Crippen LogP contribution in [-0.2, 0) is 6.42 Å². The van der Waals surface area contributed by atoms with Crippen LogP contribution in [0.1, 0.15) is 18.9 Å². The molecule has 1 N–H and O–H groups in total. The van der Waals surface area contributed by atoms with Crippen LogP contribution in [0.4, 0.5) is 8.78 Å². The predicted molar refractivity (Wildman–Crippen MR) is 73.0 cm³/mol. The average molecular weight is 271 g/mol. The van der Waals surface area contributed by atoms with Gasteiger partial charge in [-0.25, -0.2) is 8.78 Å². The summed E-state index contributed by atoms with van der Waals surface area (Å²) in [6, 6.07) is 4.88. The Morgan fingerprint density at radius 3 is 2.94 bits per heavy atom. The van der Waals surface area contributed by atoms with E-state index in [1.54, 1.807) is 12.1 Å². The third kappa shape index (κ3) is 3.23. The summed E-state index contributed by atoms with van der Waals surface area (Å²) in [6.45, 7) is 3.13. The van der Waals surface area contributed by atoms with Crippen LogP contribution in [0.25, 0.3) is 0 Å². The highest BCUT2D eigenvalue weighted by atomic mass is 32.2. The van der Waals surface area contributed by atoms with E-state index in [9.17, 15) is 8.78 Å². The molecule has 1 nitrogen and oxygen atoms in total. The van der Waals surface area contributed by atoms with Crippen molar-refractivity contribution in [3.8, 4) is 0 Å². The highest BCUT2D eigenvalue weighted by Gasteiger charge is 2.28. The van der Waals surface area contributed by atoms with Crippen LogP contribution in [0.15, 0.2) is 18.2 Å². The minimum atomic E-state index is -0.740. The Morgan fingerprint density at radius 1 is 1.33 bits per heavy atom. The van der Waals surface area contributed by atoms with Crippen LogP contribution >= 0.6 is 11.8 Å². The zero-order chi connectivity index (χ0) is 13.0. The first-order chi connectivity index (χ1) is 8.72. The van der Waals surface area contributed by atoms with E-state index in [4.69, 9.17) is 0 Å². The Bertz CT molecular complexity index is 397. The van der Waals surface area contributed by atoms with Crippen molar-refractivity contribution in [3.63, 3.8) is 0 Å². The Hall–Kier alpha value is -0.610. The standard InChI is InChI=1S/C14H19F2NS/c1-2-6-17-13-9-18-8-11(13)7-10-4-3-5-12(15)14(10)16/h3-5,11,13,17H,2,6-9H2,1H3. The summed E-state index contributed by atoms with van der Waals surface area (Å²) in [7, 11) is 0. The van der Waals surface area contributed by atoms with Crippen LogP contribution in [0, 0.1) is 17.6 Å². The Labute approximate surface area is 111 Å². The molecule has 18 heavy (non-hydrogen) atoms. The van der Waals surface area contributed by atoms with Gasteiger partial charge in [0.1, 0.15) is 0 Å². The second-order valence-corrected chi connectivity index (χ2v) is 5.85. The van der Waals surface area contributed by atoms with E-state index >= 15 is 0 Å². The van der Waals surface area contributed by atoms with Gasteiger partial charge in [-0.15, -0.1) is 0 Å². The van der Waals surface area contributed by atoms with Gasteiger partial charge in [-0.3, -0.25) is 0 Å². The number of nitrogens with one attached hydrogen (secondary N) is 1.